The fraction of sp³-hybridized carbons (Fsp3) is 0.385. The summed E-state index contributed by atoms with van der Waals surface area (Å²) < 4.78 is 39.1. The summed E-state index contributed by atoms with van der Waals surface area (Å²) in [7, 11) is -3.95. The lowest BCUT2D eigenvalue weighted by Crippen LogP contribution is -2.43. The standard InChI is InChI=1S/C26H30ClNO6S/c1-4-6-8-18-14-25(29)33-23-16-24(21(27)15-20(18)23)34-26(30)22(9-7-5-2)28-35(31,32)19-12-10-17(3)11-13-19/h10-16,22,28H,4-9H2,1-3H3/t22-/m0/s1. The van der Waals surface area contributed by atoms with E-state index in [2.05, 4.69) is 11.6 Å². The highest BCUT2D eigenvalue weighted by atomic mass is 35.5. The number of nitrogens with one attached hydrogen (secondary N) is 1. The molecule has 1 N–H and O–H groups in total. The van der Waals surface area contributed by atoms with Crippen LogP contribution < -0.4 is 15.1 Å². The molecule has 1 aromatic heterocycles. The van der Waals surface area contributed by atoms with Gasteiger partial charge in [0.2, 0.25) is 10.0 Å². The van der Waals surface area contributed by atoms with Gasteiger partial charge < -0.3 is 9.15 Å². The SMILES string of the molecule is CCCCc1cc(=O)oc2cc(OC(=O)[C@H](CCCC)NS(=O)(=O)c3ccc(C)cc3)c(Cl)cc12. The highest BCUT2D eigenvalue weighted by molar-refractivity contribution is 7.89. The number of esters is 1. The normalized spacial score (nSPS) is 12.6. The maximum atomic E-state index is 13.0. The van der Waals surface area contributed by atoms with E-state index in [4.69, 9.17) is 20.8 Å². The number of ether oxygens (including phenoxy) is 1. The second-order valence-corrected chi connectivity index (χ2v) is 10.6. The van der Waals surface area contributed by atoms with Crippen LogP contribution in [0.4, 0.5) is 0 Å². The number of fused-ring (bicyclic) bond motifs is 1. The number of carbonyl (C=O) groups excluding carboxylic acids is 1. The molecule has 0 aliphatic rings. The number of hydrogen-bond acceptors (Lipinski definition) is 6. The molecule has 0 saturated heterocycles. The minimum Gasteiger partial charge on any atom is -0.424 e. The van der Waals surface area contributed by atoms with Gasteiger partial charge in [0, 0.05) is 17.5 Å². The lowest BCUT2D eigenvalue weighted by molar-refractivity contribution is -0.136. The maximum Gasteiger partial charge on any atom is 0.336 e. The van der Waals surface area contributed by atoms with Crippen molar-refractivity contribution in [3.8, 4) is 5.75 Å². The Kier molecular flexibility index (Phi) is 9.10. The first kappa shape index (κ1) is 26.9. The van der Waals surface area contributed by atoms with Crippen LogP contribution in [0.1, 0.15) is 57.1 Å². The van der Waals surface area contributed by atoms with E-state index in [-0.39, 0.29) is 27.7 Å². The number of benzene rings is 2. The average molecular weight is 520 g/mol. The topological polar surface area (TPSA) is 103 Å². The summed E-state index contributed by atoms with van der Waals surface area (Å²) in [5.74, 6) is -0.795. The Morgan fingerprint density at radius 3 is 2.43 bits per heavy atom. The number of unbranched alkanes of at least 4 members (excludes halogenated alkanes) is 2. The summed E-state index contributed by atoms with van der Waals surface area (Å²) in [6, 6.07) is 9.67. The van der Waals surface area contributed by atoms with E-state index in [1.807, 2.05) is 13.8 Å². The highest BCUT2D eigenvalue weighted by Gasteiger charge is 2.28. The van der Waals surface area contributed by atoms with Crippen molar-refractivity contribution in [2.24, 2.45) is 0 Å². The Hall–Kier alpha value is -2.68. The van der Waals surface area contributed by atoms with E-state index in [9.17, 15) is 18.0 Å². The molecule has 3 rings (SSSR count). The number of halogens is 1. The first-order valence-electron chi connectivity index (χ1n) is 11.7. The van der Waals surface area contributed by atoms with E-state index in [1.165, 1.54) is 24.3 Å². The molecular formula is C26H30ClNO6S. The molecule has 0 fully saturated rings. The monoisotopic (exact) mass is 519 g/mol. The summed E-state index contributed by atoms with van der Waals surface area (Å²) in [4.78, 5) is 25.1. The van der Waals surface area contributed by atoms with Gasteiger partial charge in [-0.1, -0.05) is 62.4 Å². The van der Waals surface area contributed by atoms with Crippen LogP contribution in [0.3, 0.4) is 0 Å². The van der Waals surface area contributed by atoms with Crippen molar-refractivity contribution in [3.05, 3.63) is 69.0 Å². The van der Waals surface area contributed by atoms with E-state index in [0.717, 1.165) is 30.4 Å². The van der Waals surface area contributed by atoms with E-state index < -0.39 is 27.7 Å². The van der Waals surface area contributed by atoms with Crippen molar-refractivity contribution in [2.45, 2.75) is 70.2 Å². The van der Waals surface area contributed by atoms with Crippen LogP contribution in [-0.4, -0.2) is 20.4 Å². The molecule has 3 aromatic rings. The Bertz CT molecular complexity index is 1350. The molecule has 1 heterocycles. The van der Waals surface area contributed by atoms with Crippen molar-refractivity contribution >= 4 is 38.6 Å². The fourth-order valence-corrected chi connectivity index (χ4v) is 5.09. The number of rotatable bonds is 11. The van der Waals surface area contributed by atoms with Crippen molar-refractivity contribution in [1.82, 2.24) is 4.72 Å². The summed E-state index contributed by atoms with van der Waals surface area (Å²) >= 11 is 6.41. The van der Waals surface area contributed by atoms with Gasteiger partial charge in [-0.2, -0.15) is 4.72 Å². The molecule has 0 amide bonds. The summed E-state index contributed by atoms with van der Waals surface area (Å²) in [5, 5.41) is 0.832. The third-order valence-electron chi connectivity index (χ3n) is 5.65. The quantitative estimate of drug-likeness (QED) is 0.203. The molecule has 7 nitrogen and oxygen atoms in total. The number of sulfonamides is 1. The third-order valence-corrected chi connectivity index (χ3v) is 7.44. The second kappa shape index (κ2) is 11.8. The number of hydrogen-bond donors (Lipinski definition) is 1. The van der Waals surface area contributed by atoms with Gasteiger partial charge in [-0.05, 0) is 49.9 Å². The van der Waals surface area contributed by atoms with Gasteiger partial charge in [-0.15, -0.1) is 0 Å². The lowest BCUT2D eigenvalue weighted by atomic mass is 10.0. The molecule has 9 heteroatoms. The average Bonchev–Trinajstić information content (AvgIpc) is 2.81. The fourth-order valence-electron chi connectivity index (χ4n) is 3.67. The first-order chi connectivity index (χ1) is 16.6. The largest absolute Gasteiger partial charge is 0.424 e. The van der Waals surface area contributed by atoms with Crippen LogP contribution in [0.5, 0.6) is 5.75 Å². The zero-order valence-electron chi connectivity index (χ0n) is 20.1. The van der Waals surface area contributed by atoms with E-state index >= 15 is 0 Å². The Labute approximate surface area is 210 Å². The van der Waals surface area contributed by atoms with Crippen LogP contribution in [-0.2, 0) is 21.2 Å². The summed E-state index contributed by atoms with van der Waals surface area (Å²) in [6.07, 6.45) is 4.17. The van der Waals surface area contributed by atoms with Crippen LogP contribution in [0.15, 0.2) is 56.6 Å². The van der Waals surface area contributed by atoms with Crippen molar-refractivity contribution in [2.75, 3.05) is 0 Å². The van der Waals surface area contributed by atoms with Gasteiger partial charge in [0.05, 0.1) is 9.92 Å². The number of carbonyl (C=O) groups is 1. The van der Waals surface area contributed by atoms with Crippen molar-refractivity contribution in [3.63, 3.8) is 0 Å². The van der Waals surface area contributed by atoms with Crippen LogP contribution in [0, 0.1) is 6.92 Å². The van der Waals surface area contributed by atoms with Gasteiger partial charge in [0.25, 0.3) is 0 Å². The molecule has 35 heavy (non-hydrogen) atoms. The molecule has 0 aliphatic carbocycles. The van der Waals surface area contributed by atoms with Crippen molar-refractivity contribution in [1.29, 1.82) is 0 Å². The van der Waals surface area contributed by atoms with Gasteiger partial charge in [-0.3, -0.25) is 0 Å². The third kappa shape index (κ3) is 6.93. The molecular weight excluding hydrogens is 490 g/mol. The molecule has 0 spiro atoms. The molecule has 0 unspecified atom stereocenters. The Morgan fingerprint density at radius 2 is 1.77 bits per heavy atom. The van der Waals surface area contributed by atoms with Gasteiger partial charge in [0.15, 0.2) is 5.75 Å². The molecule has 0 aliphatic heterocycles. The minimum absolute atomic E-state index is 0.00371. The van der Waals surface area contributed by atoms with Crippen LogP contribution >= 0.6 is 11.6 Å². The molecule has 188 valence electrons. The highest BCUT2D eigenvalue weighted by Crippen LogP contribution is 2.32. The molecule has 1 atom stereocenters. The zero-order valence-corrected chi connectivity index (χ0v) is 21.7. The minimum atomic E-state index is -3.95. The van der Waals surface area contributed by atoms with Crippen LogP contribution in [0.25, 0.3) is 11.0 Å². The summed E-state index contributed by atoms with van der Waals surface area (Å²) in [5.41, 5.74) is 1.47. The molecule has 2 aromatic carbocycles. The van der Waals surface area contributed by atoms with E-state index in [0.29, 0.717) is 18.2 Å². The Morgan fingerprint density at radius 1 is 1.09 bits per heavy atom. The van der Waals surface area contributed by atoms with Gasteiger partial charge in [-0.25, -0.2) is 18.0 Å². The number of aryl methyl sites for hydroxylation is 2. The van der Waals surface area contributed by atoms with Crippen LogP contribution in [0.2, 0.25) is 5.02 Å². The smallest absolute Gasteiger partial charge is 0.336 e. The first-order valence-corrected chi connectivity index (χ1v) is 13.6. The maximum absolute atomic E-state index is 13.0. The Balaban J connectivity index is 1.89. The van der Waals surface area contributed by atoms with E-state index in [1.54, 1.807) is 18.2 Å². The molecule has 0 saturated carbocycles. The van der Waals surface area contributed by atoms with Gasteiger partial charge >= 0.3 is 11.6 Å². The predicted molar refractivity (Wildman–Crippen MR) is 137 cm³/mol. The zero-order chi connectivity index (χ0) is 25.6. The van der Waals surface area contributed by atoms with Gasteiger partial charge in [0.1, 0.15) is 11.6 Å². The molecule has 0 bridgehead atoms. The van der Waals surface area contributed by atoms with Crippen molar-refractivity contribution < 1.29 is 22.4 Å². The molecule has 0 radical (unpaired) electrons. The predicted octanol–water partition coefficient (Wildman–Crippen LogP) is 5.54. The summed E-state index contributed by atoms with van der Waals surface area (Å²) in [6.45, 7) is 5.85. The lowest BCUT2D eigenvalue weighted by Gasteiger charge is -2.18. The second-order valence-electron chi connectivity index (χ2n) is 8.52.